The van der Waals surface area contributed by atoms with E-state index >= 15 is 0 Å². The van der Waals surface area contributed by atoms with Gasteiger partial charge in [0.15, 0.2) is 0 Å². The minimum absolute atomic E-state index is 0.0743. The number of esters is 1. The van der Waals surface area contributed by atoms with Crippen LogP contribution in [0.25, 0.3) is 0 Å². The molecule has 1 rings (SSSR count). The Hall–Kier alpha value is -1.31. The minimum Gasteiger partial charge on any atom is -0.462 e. The summed E-state index contributed by atoms with van der Waals surface area (Å²) in [4.78, 5) is 12.1. The predicted octanol–water partition coefficient (Wildman–Crippen LogP) is 4.69. The molecule has 2 unspecified atom stereocenters. The Balaban J connectivity index is 2.48. The zero-order chi connectivity index (χ0) is 14.1. The van der Waals surface area contributed by atoms with Crippen molar-refractivity contribution < 1.29 is 9.53 Å². The van der Waals surface area contributed by atoms with Gasteiger partial charge < -0.3 is 4.74 Å². The molecule has 0 saturated heterocycles. The fraction of sp³-hybridized carbons (Fsp3) is 0.588. The molecule has 0 spiro atoms. The largest absolute Gasteiger partial charge is 0.462 e. The van der Waals surface area contributed by atoms with Gasteiger partial charge in [0.05, 0.1) is 5.92 Å². The van der Waals surface area contributed by atoms with Gasteiger partial charge in [-0.25, -0.2) is 0 Å². The van der Waals surface area contributed by atoms with E-state index in [9.17, 15) is 4.79 Å². The van der Waals surface area contributed by atoms with Crippen LogP contribution in [0.15, 0.2) is 30.3 Å². The first-order chi connectivity index (χ1) is 9.19. The molecule has 0 bridgehead atoms. The lowest BCUT2D eigenvalue weighted by atomic mass is 10.0. The highest BCUT2D eigenvalue weighted by Crippen LogP contribution is 2.19. The van der Waals surface area contributed by atoms with Crippen LogP contribution in [0.4, 0.5) is 0 Å². The Morgan fingerprint density at radius 1 is 1.16 bits per heavy atom. The summed E-state index contributed by atoms with van der Waals surface area (Å²) < 4.78 is 5.62. The van der Waals surface area contributed by atoms with Crippen molar-refractivity contribution in [1.29, 1.82) is 0 Å². The summed E-state index contributed by atoms with van der Waals surface area (Å²) in [5.74, 6) is -0.282. The van der Waals surface area contributed by atoms with E-state index in [0.29, 0.717) is 0 Å². The molecule has 0 fully saturated rings. The van der Waals surface area contributed by atoms with Crippen LogP contribution in [0.2, 0.25) is 0 Å². The van der Waals surface area contributed by atoms with Gasteiger partial charge in [-0.3, -0.25) is 4.79 Å². The van der Waals surface area contributed by atoms with Gasteiger partial charge in [-0.2, -0.15) is 0 Å². The molecule has 0 aliphatic carbocycles. The maximum atomic E-state index is 12.1. The zero-order valence-electron chi connectivity index (χ0n) is 12.4. The number of carbonyl (C=O) groups excluding carboxylic acids is 1. The van der Waals surface area contributed by atoms with E-state index in [2.05, 4.69) is 13.8 Å². The van der Waals surface area contributed by atoms with Crippen LogP contribution in [0, 0.1) is 0 Å². The van der Waals surface area contributed by atoms with Gasteiger partial charge in [-0.1, -0.05) is 57.0 Å². The number of rotatable bonds is 8. The second-order valence-electron chi connectivity index (χ2n) is 5.10. The number of carbonyl (C=O) groups is 1. The molecule has 19 heavy (non-hydrogen) atoms. The fourth-order valence-electron chi connectivity index (χ4n) is 2.11. The predicted molar refractivity (Wildman–Crippen MR) is 79.2 cm³/mol. The summed E-state index contributed by atoms with van der Waals surface area (Å²) in [5.41, 5.74) is 1.02. The molecular weight excluding hydrogens is 236 g/mol. The topological polar surface area (TPSA) is 26.3 Å². The fourth-order valence-corrected chi connectivity index (χ4v) is 2.11. The average Bonchev–Trinajstić information content (AvgIpc) is 2.46. The number of hydrogen-bond donors (Lipinski definition) is 0. The van der Waals surface area contributed by atoms with Crippen molar-refractivity contribution in [3.8, 4) is 0 Å². The van der Waals surface area contributed by atoms with Crippen molar-refractivity contribution >= 4 is 5.97 Å². The van der Waals surface area contributed by atoms with Gasteiger partial charge in [0.25, 0.3) is 0 Å². The van der Waals surface area contributed by atoms with E-state index in [0.717, 1.165) is 24.8 Å². The van der Waals surface area contributed by atoms with Gasteiger partial charge in [0, 0.05) is 0 Å². The third-order valence-corrected chi connectivity index (χ3v) is 3.52. The lowest BCUT2D eigenvalue weighted by Crippen LogP contribution is -2.21. The van der Waals surface area contributed by atoms with Crippen molar-refractivity contribution in [2.45, 2.75) is 64.9 Å². The normalized spacial score (nSPS) is 13.8. The van der Waals surface area contributed by atoms with Crippen molar-refractivity contribution in [2.24, 2.45) is 0 Å². The highest BCUT2D eigenvalue weighted by atomic mass is 16.5. The van der Waals surface area contributed by atoms with Crippen molar-refractivity contribution in [1.82, 2.24) is 0 Å². The summed E-state index contributed by atoms with van der Waals surface area (Å²) in [6, 6.07) is 9.82. The van der Waals surface area contributed by atoms with Crippen LogP contribution >= 0.6 is 0 Å². The van der Waals surface area contributed by atoms with Gasteiger partial charge in [-0.05, 0) is 31.7 Å². The second-order valence-corrected chi connectivity index (χ2v) is 5.10. The van der Waals surface area contributed by atoms with Gasteiger partial charge in [-0.15, -0.1) is 0 Å². The Morgan fingerprint density at radius 2 is 1.84 bits per heavy atom. The molecule has 0 aliphatic heterocycles. The number of unbranched alkanes of at least 4 members (excludes halogenated alkanes) is 2. The lowest BCUT2D eigenvalue weighted by molar-refractivity contribution is -0.151. The van der Waals surface area contributed by atoms with Gasteiger partial charge >= 0.3 is 5.97 Å². The van der Waals surface area contributed by atoms with Crippen LogP contribution in [-0.4, -0.2) is 12.1 Å². The molecule has 0 radical (unpaired) electrons. The molecule has 0 N–H and O–H groups in total. The maximum Gasteiger partial charge on any atom is 0.313 e. The van der Waals surface area contributed by atoms with Crippen molar-refractivity contribution in [3.05, 3.63) is 35.9 Å². The Kier molecular flexibility index (Phi) is 7.24. The SMILES string of the molecule is CCCCCC(CC)OC(=O)C(C)c1ccccc1. The lowest BCUT2D eigenvalue weighted by Gasteiger charge is -2.19. The van der Waals surface area contributed by atoms with E-state index < -0.39 is 0 Å². The Morgan fingerprint density at radius 3 is 2.42 bits per heavy atom. The highest BCUT2D eigenvalue weighted by molar-refractivity contribution is 5.77. The van der Waals surface area contributed by atoms with E-state index in [4.69, 9.17) is 4.74 Å². The van der Waals surface area contributed by atoms with Crippen LogP contribution in [-0.2, 0) is 9.53 Å². The molecule has 106 valence electrons. The van der Waals surface area contributed by atoms with Crippen LogP contribution in [0.5, 0.6) is 0 Å². The van der Waals surface area contributed by atoms with E-state index in [1.807, 2.05) is 37.3 Å². The van der Waals surface area contributed by atoms with Gasteiger partial charge in [0.2, 0.25) is 0 Å². The third-order valence-electron chi connectivity index (χ3n) is 3.52. The minimum atomic E-state index is -0.179. The number of ether oxygens (including phenoxy) is 1. The van der Waals surface area contributed by atoms with Crippen LogP contribution in [0.1, 0.15) is 64.4 Å². The molecule has 2 heteroatoms. The van der Waals surface area contributed by atoms with Crippen LogP contribution in [0.3, 0.4) is 0 Å². The molecule has 0 heterocycles. The first kappa shape index (κ1) is 15.7. The molecule has 0 saturated carbocycles. The molecule has 1 aromatic rings. The molecule has 1 aromatic carbocycles. The summed E-state index contributed by atoms with van der Waals surface area (Å²) in [7, 11) is 0. The molecular formula is C17H26O2. The monoisotopic (exact) mass is 262 g/mol. The Labute approximate surface area is 117 Å². The standard InChI is InChI=1S/C17H26O2/c1-4-6-8-13-16(5-2)19-17(18)14(3)15-11-9-7-10-12-15/h7,9-12,14,16H,4-6,8,13H2,1-3H3. The highest BCUT2D eigenvalue weighted by Gasteiger charge is 2.19. The zero-order valence-corrected chi connectivity index (χ0v) is 12.4. The summed E-state index contributed by atoms with van der Waals surface area (Å²) in [6.07, 6.45) is 5.51. The van der Waals surface area contributed by atoms with Crippen molar-refractivity contribution in [3.63, 3.8) is 0 Å². The molecule has 2 atom stereocenters. The molecule has 0 aliphatic rings. The first-order valence-corrected chi connectivity index (χ1v) is 7.44. The number of hydrogen-bond acceptors (Lipinski definition) is 2. The quantitative estimate of drug-likeness (QED) is 0.501. The third kappa shape index (κ3) is 5.46. The summed E-state index contributed by atoms with van der Waals surface area (Å²) >= 11 is 0. The van der Waals surface area contributed by atoms with E-state index in [1.165, 1.54) is 12.8 Å². The molecule has 2 nitrogen and oxygen atoms in total. The van der Waals surface area contributed by atoms with E-state index in [1.54, 1.807) is 0 Å². The second kappa shape index (κ2) is 8.73. The van der Waals surface area contributed by atoms with Crippen LogP contribution < -0.4 is 0 Å². The Bertz CT molecular complexity index is 359. The van der Waals surface area contributed by atoms with Crippen molar-refractivity contribution in [2.75, 3.05) is 0 Å². The summed E-state index contributed by atoms with van der Waals surface area (Å²) in [6.45, 7) is 6.18. The average molecular weight is 262 g/mol. The van der Waals surface area contributed by atoms with Gasteiger partial charge in [0.1, 0.15) is 6.10 Å². The smallest absolute Gasteiger partial charge is 0.313 e. The summed E-state index contributed by atoms with van der Waals surface area (Å²) in [5, 5.41) is 0. The van der Waals surface area contributed by atoms with E-state index in [-0.39, 0.29) is 18.0 Å². The first-order valence-electron chi connectivity index (χ1n) is 7.44. The molecule has 0 amide bonds. The maximum absolute atomic E-state index is 12.1. The number of benzene rings is 1. The molecule has 0 aromatic heterocycles.